The van der Waals surface area contributed by atoms with Gasteiger partial charge in [0.25, 0.3) is 0 Å². The van der Waals surface area contributed by atoms with Crippen molar-refractivity contribution in [3.8, 4) is 0 Å². The van der Waals surface area contributed by atoms with Gasteiger partial charge in [-0.3, -0.25) is 0 Å². The molecule has 0 fully saturated rings. The predicted molar refractivity (Wildman–Crippen MR) is 67.4 cm³/mol. The number of aliphatic carboxylic acids is 3. The monoisotopic (exact) mass is 260 g/mol. The first-order valence-electron chi connectivity index (χ1n) is 5.21. The highest BCUT2D eigenvalue weighted by Crippen LogP contribution is 1.81. The molecule has 18 heavy (non-hydrogen) atoms. The lowest BCUT2D eigenvalue weighted by atomic mass is 10.4. The SMILES string of the molecule is C=C(C)C(=O)O.CCCC.O=C(O)/C=C\C(=O)O. The van der Waals surface area contributed by atoms with Crippen LogP contribution in [0.1, 0.15) is 33.6 Å². The number of unbranched alkanes of at least 4 members (excludes halogenated alkanes) is 1. The van der Waals surface area contributed by atoms with Crippen LogP contribution in [0.4, 0.5) is 0 Å². The fraction of sp³-hybridized carbons (Fsp3) is 0.417. The Kier molecular flexibility index (Phi) is 17.5. The summed E-state index contributed by atoms with van der Waals surface area (Å²) in [7, 11) is 0. The molecule has 0 spiro atoms. The molecule has 0 radical (unpaired) electrons. The molecule has 6 heteroatoms. The van der Waals surface area contributed by atoms with Gasteiger partial charge in [0, 0.05) is 17.7 Å². The zero-order chi connectivity index (χ0) is 15.1. The van der Waals surface area contributed by atoms with E-state index in [9.17, 15) is 14.4 Å². The minimum Gasteiger partial charge on any atom is -0.478 e. The van der Waals surface area contributed by atoms with Gasteiger partial charge in [0.2, 0.25) is 0 Å². The largest absolute Gasteiger partial charge is 0.478 e. The van der Waals surface area contributed by atoms with Gasteiger partial charge in [-0.15, -0.1) is 0 Å². The van der Waals surface area contributed by atoms with Crippen LogP contribution in [-0.4, -0.2) is 33.2 Å². The van der Waals surface area contributed by atoms with Crippen LogP contribution in [0.3, 0.4) is 0 Å². The summed E-state index contributed by atoms with van der Waals surface area (Å²) in [6.07, 6.45) is 3.75. The molecule has 0 unspecified atom stereocenters. The van der Waals surface area contributed by atoms with Crippen molar-refractivity contribution in [1.29, 1.82) is 0 Å². The summed E-state index contributed by atoms with van der Waals surface area (Å²) in [5, 5.41) is 23.5. The molecule has 0 aromatic carbocycles. The van der Waals surface area contributed by atoms with E-state index < -0.39 is 17.9 Å². The van der Waals surface area contributed by atoms with E-state index in [2.05, 4.69) is 20.4 Å². The van der Waals surface area contributed by atoms with Crippen LogP contribution in [0.15, 0.2) is 24.3 Å². The van der Waals surface area contributed by atoms with E-state index in [-0.39, 0.29) is 5.57 Å². The number of hydrogen-bond acceptors (Lipinski definition) is 3. The third-order valence-electron chi connectivity index (χ3n) is 1.23. The molecule has 0 aromatic heterocycles. The molecule has 0 aromatic rings. The Bertz CT molecular complexity index is 274. The lowest BCUT2D eigenvalue weighted by molar-refractivity contribution is -0.134. The molecular weight excluding hydrogens is 240 g/mol. The van der Waals surface area contributed by atoms with E-state index >= 15 is 0 Å². The normalized spacial score (nSPS) is 8.39. The van der Waals surface area contributed by atoms with Crippen LogP contribution in [0.2, 0.25) is 0 Å². The number of carbonyl (C=O) groups is 3. The van der Waals surface area contributed by atoms with E-state index in [1.54, 1.807) is 0 Å². The first-order chi connectivity index (χ1) is 8.18. The van der Waals surface area contributed by atoms with Crippen molar-refractivity contribution < 1.29 is 29.7 Å². The van der Waals surface area contributed by atoms with Crippen molar-refractivity contribution in [2.24, 2.45) is 0 Å². The van der Waals surface area contributed by atoms with Crippen LogP contribution in [0, 0.1) is 0 Å². The van der Waals surface area contributed by atoms with E-state index in [4.69, 9.17) is 15.3 Å². The number of carboxylic acid groups (broad SMARTS) is 3. The number of hydrogen-bond donors (Lipinski definition) is 3. The van der Waals surface area contributed by atoms with Crippen molar-refractivity contribution in [2.45, 2.75) is 33.6 Å². The molecular formula is C12H20O6. The third-order valence-corrected chi connectivity index (χ3v) is 1.23. The maximum atomic E-state index is 9.60. The van der Waals surface area contributed by atoms with Gasteiger partial charge in [0.15, 0.2) is 0 Å². The van der Waals surface area contributed by atoms with E-state index in [1.807, 2.05) is 0 Å². The maximum absolute atomic E-state index is 9.60. The minimum absolute atomic E-state index is 0.176. The van der Waals surface area contributed by atoms with Gasteiger partial charge in [-0.05, 0) is 6.92 Å². The smallest absolute Gasteiger partial charge is 0.330 e. The molecule has 6 nitrogen and oxygen atoms in total. The fourth-order valence-corrected chi connectivity index (χ4v) is 0.143. The Morgan fingerprint density at radius 1 is 0.944 bits per heavy atom. The average Bonchev–Trinajstić information content (AvgIpc) is 2.27. The van der Waals surface area contributed by atoms with Gasteiger partial charge >= 0.3 is 17.9 Å². The fourth-order valence-electron chi connectivity index (χ4n) is 0.143. The number of rotatable bonds is 4. The van der Waals surface area contributed by atoms with Gasteiger partial charge < -0.3 is 15.3 Å². The number of carboxylic acids is 3. The highest BCUT2D eigenvalue weighted by atomic mass is 16.4. The highest BCUT2D eigenvalue weighted by Gasteiger charge is 1.90. The Hall–Kier alpha value is -2.11. The quantitative estimate of drug-likeness (QED) is 0.668. The van der Waals surface area contributed by atoms with Crippen LogP contribution in [-0.2, 0) is 14.4 Å². The van der Waals surface area contributed by atoms with Gasteiger partial charge in [-0.2, -0.15) is 0 Å². The van der Waals surface area contributed by atoms with Crippen LogP contribution in [0.25, 0.3) is 0 Å². The van der Waals surface area contributed by atoms with Crippen molar-refractivity contribution in [3.05, 3.63) is 24.3 Å². The standard InChI is InChI=1S/C4H4O4.C4H6O2.C4H10/c5-3(6)1-2-4(7)8;1-3(2)4(5)6;1-3-4-2/h1-2H,(H,5,6)(H,7,8);1H2,2H3,(H,5,6);3-4H2,1-2H3/b2-1-;;. The molecule has 0 saturated heterocycles. The molecule has 0 bridgehead atoms. The van der Waals surface area contributed by atoms with Crippen molar-refractivity contribution in [3.63, 3.8) is 0 Å². The van der Waals surface area contributed by atoms with Gasteiger partial charge in [-0.1, -0.05) is 33.3 Å². The zero-order valence-corrected chi connectivity index (χ0v) is 10.8. The zero-order valence-electron chi connectivity index (χ0n) is 10.8. The summed E-state index contributed by atoms with van der Waals surface area (Å²) >= 11 is 0. The second kappa shape index (κ2) is 14.9. The van der Waals surface area contributed by atoms with Crippen molar-refractivity contribution in [1.82, 2.24) is 0 Å². The molecule has 0 aliphatic carbocycles. The molecule has 0 aliphatic rings. The average molecular weight is 260 g/mol. The molecule has 0 amide bonds. The molecule has 0 heterocycles. The summed E-state index contributed by atoms with van der Waals surface area (Å²) < 4.78 is 0. The predicted octanol–water partition coefficient (Wildman–Crippen LogP) is 2.17. The summed E-state index contributed by atoms with van der Waals surface area (Å²) in [6, 6.07) is 0. The van der Waals surface area contributed by atoms with Gasteiger partial charge in [-0.25, -0.2) is 14.4 Å². The molecule has 0 aliphatic heterocycles. The molecule has 0 atom stereocenters. The van der Waals surface area contributed by atoms with E-state index in [1.165, 1.54) is 19.8 Å². The van der Waals surface area contributed by atoms with E-state index in [0.717, 1.165) is 0 Å². The van der Waals surface area contributed by atoms with Crippen LogP contribution >= 0.6 is 0 Å². The van der Waals surface area contributed by atoms with Crippen LogP contribution < -0.4 is 0 Å². The molecule has 3 N–H and O–H groups in total. The lowest BCUT2D eigenvalue weighted by Gasteiger charge is -1.79. The summed E-state index contributed by atoms with van der Waals surface area (Å²) in [5.41, 5.74) is 0.176. The molecule has 0 rings (SSSR count). The first-order valence-corrected chi connectivity index (χ1v) is 5.21. The van der Waals surface area contributed by atoms with Gasteiger partial charge in [0.1, 0.15) is 0 Å². The topological polar surface area (TPSA) is 112 Å². The minimum atomic E-state index is -1.26. The van der Waals surface area contributed by atoms with Crippen molar-refractivity contribution >= 4 is 17.9 Å². The Morgan fingerprint density at radius 3 is 1.22 bits per heavy atom. The summed E-state index contributed by atoms with van der Waals surface area (Å²) in [4.78, 5) is 28.7. The second-order valence-electron chi connectivity index (χ2n) is 3.10. The highest BCUT2D eigenvalue weighted by molar-refractivity contribution is 5.89. The summed E-state index contributed by atoms with van der Waals surface area (Å²) in [5.74, 6) is -3.45. The Morgan fingerprint density at radius 2 is 1.17 bits per heavy atom. The second-order valence-corrected chi connectivity index (χ2v) is 3.10. The molecule has 0 saturated carbocycles. The van der Waals surface area contributed by atoms with Crippen molar-refractivity contribution in [2.75, 3.05) is 0 Å². The van der Waals surface area contributed by atoms with E-state index in [0.29, 0.717) is 12.2 Å². The maximum Gasteiger partial charge on any atom is 0.330 e. The molecule has 104 valence electrons. The lowest BCUT2D eigenvalue weighted by Crippen LogP contribution is -1.92. The van der Waals surface area contributed by atoms with Crippen LogP contribution in [0.5, 0.6) is 0 Å². The van der Waals surface area contributed by atoms with Gasteiger partial charge in [0.05, 0.1) is 0 Å². The Labute approximate surface area is 106 Å². The third kappa shape index (κ3) is 37.1. The Balaban J connectivity index is -0.000000200. The summed E-state index contributed by atoms with van der Waals surface area (Å²) in [6.45, 7) is 8.96. The first kappa shape index (κ1) is 21.2.